The second kappa shape index (κ2) is 4.35. The zero-order chi connectivity index (χ0) is 8.39. The van der Waals surface area contributed by atoms with Crippen molar-refractivity contribution in [2.75, 3.05) is 13.3 Å². The van der Waals surface area contributed by atoms with Crippen LogP contribution in [0.5, 0.6) is 11.5 Å². The number of ether oxygens (including phenoxy) is 2. The Morgan fingerprint density at radius 2 is 2.15 bits per heavy atom. The summed E-state index contributed by atoms with van der Waals surface area (Å²) in [6.45, 7) is 0.968. The molecule has 0 radical (unpaired) electrons. The van der Waals surface area contributed by atoms with Crippen LogP contribution in [0.15, 0.2) is 18.2 Å². The summed E-state index contributed by atoms with van der Waals surface area (Å²) in [5.74, 6) is 1.78. The molecular weight excluding hydrogens is 190 g/mol. The monoisotopic (exact) mass is 201 g/mol. The summed E-state index contributed by atoms with van der Waals surface area (Å²) in [7, 11) is 0. The number of nitrogens with two attached hydrogens (primary N) is 1. The highest BCUT2D eigenvalue weighted by atomic mass is 35.5. The van der Waals surface area contributed by atoms with Crippen LogP contribution >= 0.6 is 12.4 Å². The van der Waals surface area contributed by atoms with E-state index in [0.717, 1.165) is 23.5 Å². The SMILES string of the molecule is Cl.NCCc1ccc2cc1OCO2. The maximum Gasteiger partial charge on any atom is 0.230 e. The fraction of sp³-hybridized carbons (Fsp3) is 0.333. The molecule has 3 nitrogen and oxygen atoms in total. The van der Waals surface area contributed by atoms with Gasteiger partial charge in [-0.1, -0.05) is 6.07 Å². The van der Waals surface area contributed by atoms with Gasteiger partial charge in [0, 0.05) is 6.07 Å². The molecule has 2 bridgehead atoms. The van der Waals surface area contributed by atoms with Gasteiger partial charge in [-0.15, -0.1) is 12.4 Å². The first-order valence-corrected chi connectivity index (χ1v) is 3.99. The van der Waals surface area contributed by atoms with Crippen LogP contribution in [0, 0.1) is 0 Å². The summed E-state index contributed by atoms with van der Waals surface area (Å²) >= 11 is 0. The van der Waals surface area contributed by atoms with Gasteiger partial charge in [-0.3, -0.25) is 0 Å². The summed E-state index contributed by atoms with van der Waals surface area (Å²) in [5, 5.41) is 0. The van der Waals surface area contributed by atoms with Crippen molar-refractivity contribution in [3.8, 4) is 11.5 Å². The molecule has 1 aliphatic rings. The van der Waals surface area contributed by atoms with E-state index in [0.29, 0.717) is 13.3 Å². The molecule has 72 valence electrons. The Labute approximate surface area is 83.2 Å². The highest BCUT2D eigenvalue weighted by Crippen LogP contribution is 2.28. The van der Waals surface area contributed by atoms with Crippen molar-refractivity contribution in [1.29, 1.82) is 0 Å². The van der Waals surface area contributed by atoms with Crippen molar-refractivity contribution in [2.24, 2.45) is 5.73 Å². The molecule has 2 rings (SSSR count). The van der Waals surface area contributed by atoms with Crippen LogP contribution < -0.4 is 15.2 Å². The fourth-order valence-corrected chi connectivity index (χ4v) is 1.28. The van der Waals surface area contributed by atoms with E-state index in [1.165, 1.54) is 0 Å². The van der Waals surface area contributed by atoms with Gasteiger partial charge in [-0.25, -0.2) is 0 Å². The smallest absolute Gasteiger partial charge is 0.230 e. The van der Waals surface area contributed by atoms with Gasteiger partial charge in [-0.05, 0) is 24.6 Å². The number of hydrogen-bond donors (Lipinski definition) is 1. The molecule has 1 aromatic carbocycles. The van der Waals surface area contributed by atoms with E-state index in [1.807, 2.05) is 18.2 Å². The molecule has 0 aromatic heterocycles. The molecule has 0 aliphatic carbocycles. The van der Waals surface area contributed by atoms with Crippen molar-refractivity contribution in [3.05, 3.63) is 23.8 Å². The topological polar surface area (TPSA) is 44.5 Å². The molecule has 1 aromatic rings. The molecule has 0 unspecified atom stereocenters. The number of fused-ring (bicyclic) bond motifs is 2. The fourth-order valence-electron chi connectivity index (χ4n) is 1.28. The highest BCUT2D eigenvalue weighted by molar-refractivity contribution is 5.85. The van der Waals surface area contributed by atoms with Crippen LogP contribution in [0.2, 0.25) is 0 Å². The van der Waals surface area contributed by atoms with E-state index in [-0.39, 0.29) is 12.4 Å². The van der Waals surface area contributed by atoms with Crippen molar-refractivity contribution in [2.45, 2.75) is 6.42 Å². The van der Waals surface area contributed by atoms with Crippen molar-refractivity contribution in [3.63, 3.8) is 0 Å². The van der Waals surface area contributed by atoms with Gasteiger partial charge >= 0.3 is 0 Å². The first-order valence-electron chi connectivity index (χ1n) is 3.99. The minimum atomic E-state index is 0. The molecule has 4 heteroatoms. The van der Waals surface area contributed by atoms with Gasteiger partial charge in [0.2, 0.25) is 6.79 Å². The van der Waals surface area contributed by atoms with Crippen LogP contribution in [-0.4, -0.2) is 13.3 Å². The molecule has 0 fully saturated rings. The molecule has 0 saturated heterocycles. The standard InChI is InChI=1S/C9H11NO2.ClH/c10-4-3-7-1-2-8-5-9(7)12-6-11-8;/h1-2,5H,3-4,6,10H2;1H. The molecule has 1 heterocycles. The van der Waals surface area contributed by atoms with Crippen LogP contribution in [0.4, 0.5) is 0 Å². The summed E-state index contributed by atoms with van der Waals surface area (Å²) in [4.78, 5) is 0. The molecule has 2 N–H and O–H groups in total. The van der Waals surface area contributed by atoms with E-state index >= 15 is 0 Å². The van der Waals surface area contributed by atoms with Gasteiger partial charge < -0.3 is 15.2 Å². The average molecular weight is 202 g/mol. The van der Waals surface area contributed by atoms with Crippen LogP contribution in [0.1, 0.15) is 5.56 Å². The van der Waals surface area contributed by atoms with Gasteiger partial charge in [0.1, 0.15) is 11.5 Å². The van der Waals surface area contributed by atoms with Crippen molar-refractivity contribution in [1.82, 2.24) is 0 Å². The first kappa shape index (κ1) is 10.2. The Kier molecular flexibility index (Phi) is 3.39. The quantitative estimate of drug-likeness (QED) is 0.786. The third kappa shape index (κ3) is 2.05. The predicted molar refractivity (Wildman–Crippen MR) is 52.6 cm³/mol. The zero-order valence-corrected chi connectivity index (χ0v) is 7.97. The van der Waals surface area contributed by atoms with E-state index in [4.69, 9.17) is 15.2 Å². The minimum absolute atomic E-state index is 0. The second-order valence-electron chi connectivity index (χ2n) is 2.71. The predicted octanol–water partition coefficient (Wildman–Crippen LogP) is 1.34. The number of halogens is 1. The maximum atomic E-state index is 5.45. The van der Waals surface area contributed by atoms with E-state index in [2.05, 4.69) is 0 Å². The van der Waals surface area contributed by atoms with Crippen LogP contribution in [-0.2, 0) is 6.42 Å². The third-order valence-electron chi connectivity index (χ3n) is 1.89. The summed E-state index contributed by atoms with van der Waals surface area (Å²) < 4.78 is 10.5. The van der Waals surface area contributed by atoms with Crippen LogP contribution in [0.3, 0.4) is 0 Å². The largest absolute Gasteiger partial charge is 0.457 e. The average Bonchev–Trinajstić information content (AvgIpc) is 2.11. The molecule has 1 aliphatic heterocycles. The highest BCUT2D eigenvalue weighted by Gasteiger charge is 2.09. The Hall–Kier alpha value is -0.930. The molecule has 0 saturated carbocycles. The zero-order valence-electron chi connectivity index (χ0n) is 7.16. The Balaban J connectivity index is 0.000000845. The van der Waals surface area contributed by atoms with Crippen LogP contribution in [0.25, 0.3) is 0 Å². The molecule has 0 atom stereocenters. The summed E-state index contributed by atoms with van der Waals surface area (Å²) in [5.41, 5.74) is 6.61. The lowest BCUT2D eigenvalue weighted by Crippen LogP contribution is -2.13. The van der Waals surface area contributed by atoms with Gasteiger partial charge in [0.15, 0.2) is 0 Å². The van der Waals surface area contributed by atoms with Gasteiger partial charge in [0.25, 0.3) is 0 Å². The minimum Gasteiger partial charge on any atom is -0.457 e. The Bertz CT molecular complexity index is 291. The summed E-state index contributed by atoms with van der Waals surface area (Å²) in [6, 6.07) is 5.84. The maximum absolute atomic E-state index is 5.45. The second-order valence-corrected chi connectivity index (χ2v) is 2.71. The molecular formula is C9H12ClNO2. The number of hydrogen-bond acceptors (Lipinski definition) is 3. The number of rotatable bonds is 2. The van der Waals surface area contributed by atoms with Gasteiger partial charge in [0.05, 0.1) is 0 Å². The third-order valence-corrected chi connectivity index (χ3v) is 1.89. The van der Waals surface area contributed by atoms with Gasteiger partial charge in [-0.2, -0.15) is 0 Å². The molecule has 13 heavy (non-hydrogen) atoms. The van der Waals surface area contributed by atoms with Crippen molar-refractivity contribution < 1.29 is 9.47 Å². The normalized spacial score (nSPS) is 12.4. The lowest BCUT2D eigenvalue weighted by atomic mass is 10.1. The van der Waals surface area contributed by atoms with E-state index < -0.39 is 0 Å². The lowest BCUT2D eigenvalue weighted by Gasteiger charge is -2.18. The first-order chi connectivity index (χ1) is 5.90. The van der Waals surface area contributed by atoms with Crippen molar-refractivity contribution >= 4 is 12.4 Å². The number of benzene rings is 1. The lowest BCUT2D eigenvalue weighted by molar-refractivity contribution is 0.104. The molecule has 0 spiro atoms. The Morgan fingerprint density at radius 1 is 1.31 bits per heavy atom. The Morgan fingerprint density at radius 3 is 2.92 bits per heavy atom. The molecule has 0 amide bonds. The van der Waals surface area contributed by atoms with E-state index in [1.54, 1.807) is 0 Å². The summed E-state index contributed by atoms with van der Waals surface area (Å²) in [6.07, 6.45) is 0.857. The van der Waals surface area contributed by atoms with E-state index in [9.17, 15) is 0 Å².